The monoisotopic (exact) mass is 279 g/mol. The second-order valence-electron chi connectivity index (χ2n) is 8.04. The number of likely N-dealkylation sites (tertiary alicyclic amines) is 1. The first-order valence-corrected chi connectivity index (χ1v) is 8.67. The first kappa shape index (κ1) is 14.8. The van der Waals surface area contributed by atoms with Gasteiger partial charge in [0, 0.05) is 31.2 Å². The number of likely N-dealkylation sites (N-methyl/N-ethyl adjacent to an activating group) is 1. The van der Waals surface area contributed by atoms with Crippen molar-refractivity contribution in [2.24, 2.45) is 23.5 Å². The maximum absolute atomic E-state index is 6.31. The van der Waals surface area contributed by atoms with Crippen LogP contribution in [0.4, 0.5) is 0 Å². The van der Waals surface area contributed by atoms with Crippen molar-refractivity contribution in [1.29, 1.82) is 0 Å². The van der Waals surface area contributed by atoms with Crippen LogP contribution < -0.4 is 5.73 Å². The lowest BCUT2D eigenvalue weighted by Gasteiger charge is -2.47. The van der Waals surface area contributed by atoms with Crippen LogP contribution in [0.2, 0.25) is 0 Å². The molecule has 116 valence electrons. The largest absolute Gasteiger partial charge is 0.329 e. The molecule has 2 N–H and O–H groups in total. The summed E-state index contributed by atoms with van der Waals surface area (Å²) in [6.07, 6.45) is 8.55. The highest BCUT2D eigenvalue weighted by molar-refractivity contribution is 5.03. The molecule has 1 saturated heterocycles. The zero-order valence-corrected chi connectivity index (χ0v) is 13.6. The summed E-state index contributed by atoms with van der Waals surface area (Å²) in [5.74, 6) is 2.79. The van der Waals surface area contributed by atoms with Crippen LogP contribution >= 0.6 is 0 Å². The number of hydrogen-bond donors (Lipinski definition) is 1. The van der Waals surface area contributed by atoms with Gasteiger partial charge in [0.2, 0.25) is 0 Å². The van der Waals surface area contributed by atoms with Crippen LogP contribution in [0, 0.1) is 17.8 Å². The van der Waals surface area contributed by atoms with Gasteiger partial charge in [-0.25, -0.2) is 0 Å². The lowest BCUT2D eigenvalue weighted by Crippen LogP contribution is -2.56. The lowest BCUT2D eigenvalue weighted by atomic mass is 9.73. The number of nitrogens with two attached hydrogens (primary N) is 1. The molecule has 20 heavy (non-hydrogen) atoms. The Hall–Kier alpha value is -0.120. The van der Waals surface area contributed by atoms with Crippen molar-refractivity contribution in [3.05, 3.63) is 0 Å². The van der Waals surface area contributed by atoms with E-state index in [1.165, 1.54) is 51.6 Å². The SMILES string of the molecule is CC1CN(C2(CN)CCCC(C3CC3)C2)CC1N(C)C. The molecular weight excluding hydrogens is 246 g/mol. The van der Waals surface area contributed by atoms with E-state index < -0.39 is 0 Å². The van der Waals surface area contributed by atoms with E-state index in [4.69, 9.17) is 5.73 Å². The predicted molar refractivity (Wildman–Crippen MR) is 84.7 cm³/mol. The maximum Gasteiger partial charge on any atom is 0.0335 e. The van der Waals surface area contributed by atoms with E-state index in [-0.39, 0.29) is 0 Å². The molecule has 1 heterocycles. The highest BCUT2D eigenvalue weighted by Crippen LogP contribution is 2.48. The summed E-state index contributed by atoms with van der Waals surface area (Å²) in [6, 6.07) is 0.708. The second kappa shape index (κ2) is 5.58. The van der Waals surface area contributed by atoms with Crippen molar-refractivity contribution >= 4 is 0 Å². The summed E-state index contributed by atoms with van der Waals surface area (Å²) in [6.45, 7) is 5.75. The van der Waals surface area contributed by atoms with Gasteiger partial charge in [-0.3, -0.25) is 4.90 Å². The van der Waals surface area contributed by atoms with E-state index in [0.29, 0.717) is 11.6 Å². The van der Waals surface area contributed by atoms with Gasteiger partial charge in [-0.15, -0.1) is 0 Å². The van der Waals surface area contributed by atoms with Crippen LogP contribution in [0.5, 0.6) is 0 Å². The molecule has 3 aliphatic rings. The summed E-state index contributed by atoms with van der Waals surface area (Å²) >= 11 is 0. The van der Waals surface area contributed by atoms with E-state index in [1.807, 2.05) is 0 Å². The summed E-state index contributed by atoms with van der Waals surface area (Å²) in [7, 11) is 4.46. The molecule has 0 aromatic heterocycles. The van der Waals surface area contributed by atoms with Gasteiger partial charge in [-0.2, -0.15) is 0 Å². The number of nitrogens with zero attached hydrogens (tertiary/aromatic N) is 2. The molecule has 4 unspecified atom stereocenters. The maximum atomic E-state index is 6.31. The Morgan fingerprint density at radius 3 is 2.45 bits per heavy atom. The van der Waals surface area contributed by atoms with Crippen molar-refractivity contribution in [2.75, 3.05) is 33.7 Å². The molecule has 0 bridgehead atoms. The molecule has 2 saturated carbocycles. The molecule has 3 nitrogen and oxygen atoms in total. The van der Waals surface area contributed by atoms with E-state index in [9.17, 15) is 0 Å². The van der Waals surface area contributed by atoms with Gasteiger partial charge in [0.25, 0.3) is 0 Å². The molecule has 0 aromatic rings. The molecular formula is C17H33N3. The van der Waals surface area contributed by atoms with Crippen molar-refractivity contribution in [1.82, 2.24) is 9.80 Å². The minimum absolute atomic E-state index is 0.324. The standard InChI is InChI=1S/C17H33N3/c1-13-10-20(11-16(13)19(2)3)17(12-18)8-4-5-15(9-17)14-6-7-14/h13-16H,4-12,18H2,1-3H3. The average Bonchev–Trinajstić information content (AvgIpc) is 3.21. The fourth-order valence-corrected chi connectivity index (χ4v) is 4.97. The van der Waals surface area contributed by atoms with E-state index in [1.54, 1.807) is 0 Å². The molecule has 3 fully saturated rings. The van der Waals surface area contributed by atoms with Crippen LogP contribution in [0.15, 0.2) is 0 Å². The highest BCUT2D eigenvalue weighted by Gasteiger charge is 2.47. The van der Waals surface area contributed by atoms with Crippen LogP contribution in [0.25, 0.3) is 0 Å². The molecule has 0 radical (unpaired) electrons. The third kappa shape index (κ3) is 2.65. The first-order valence-electron chi connectivity index (χ1n) is 8.67. The molecule has 0 amide bonds. The fourth-order valence-electron chi connectivity index (χ4n) is 4.97. The van der Waals surface area contributed by atoms with Crippen LogP contribution in [0.3, 0.4) is 0 Å². The van der Waals surface area contributed by atoms with Crippen molar-refractivity contribution in [2.45, 2.75) is 57.0 Å². The summed E-state index contributed by atoms with van der Waals surface area (Å²) in [5, 5.41) is 0. The van der Waals surface area contributed by atoms with Crippen LogP contribution in [0.1, 0.15) is 45.4 Å². The number of rotatable bonds is 4. The minimum atomic E-state index is 0.324. The lowest BCUT2D eigenvalue weighted by molar-refractivity contribution is 0.0441. The Morgan fingerprint density at radius 1 is 1.15 bits per heavy atom. The summed E-state index contributed by atoms with van der Waals surface area (Å²) in [5.41, 5.74) is 6.64. The van der Waals surface area contributed by atoms with Crippen molar-refractivity contribution < 1.29 is 0 Å². The molecule has 4 atom stereocenters. The van der Waals surface area contributed by atoms with Gasteiger partial charge < -0.3 is 10.6 Å². The van der Waals surface area contributed by atoms with Gasteiger partial charge in [-0.1, -0.05) is 19.8 Å². The van der Waals surface area contributed by atoms with E-state index in [2.05, 4.69) is 30.8 Å². The zero-order chi connectivity index (χ0) is 14.3. The first-order chi connectivity index (χ1) is 9.55. The predicted octanol–water partition coefficient (Wildman–Crippen LogP) is 2.17. The fraction of sp³-hybridized carbons (Fsp3) is 1.00. The molecule has 2 aliphatic carbocycles. The highest BCUT2D eigenvalue weighted by atomic mass is 15.3. The Balaban J connectivity index is 1.72. The smallest absolute Gasteiger partial charge is 0.0335 e. The normalized spacial score (nSPS) is 43.4. The van der Waals surface area contributed by atoms with Crippen LogP contribution in [-0.4, -0.2) is 55.1 Å². The zero-order valence-electron chi connectivity index (χ0n) is 13.6. The number of hydrogen-bond acceptors (Lipinski definition) is 3. The Morgan fingerprint density at radius 2 is 1.90 bits per heavy atom. The molecule has 0 spiro atoms. The summed E-state index contributed by atoms with van der Waals surface area (Å²) in [4.78, 5) is 5.19. The van der Waals surface area contributed by atoms with Gasteiger partial charge in [-0.05, 0) is 57.5 Å². The van der Waals surface area contributed by atoms with Gasteiger partial charge >= 0.3 is 0 Å². The Bertz CT molecular complexity index is 339. The van der Waals surface area contributed by atoms with E-state index in [0.717, 1.165) is 24.3 Å². The minimum Gasteiger partial charge on any atom is -0.329 e. The Labute approximate surface area is 124 Å². The third-order valence-electron chi connectivity index (χ3n) is 6.43. The Kier molecular flexibility index (Phi) is 4.13. The topological polar surface area (TPSA) is 32.5 Å². The molecule has 3 heteroatoms. The van der Waals surface area contributed by atoms with Gasteiger partial charge in [0.1, 0.15) is 0 Å². The molecule has 1 aliphatic heterocycles. The quantitative estimate of drug-likeness (QED) is 0.856. The van der Waals surface area contributed by atoms with Crippen LogP contribution in [-0.2, 0) is 0 Å². The molecule has 0 aromatic carbocycles. The van der Waals surface area contributed by atoms with E-state index >= 15 is 0 Å². The van der Waals surface area contributed by atoms with Crippen molar-refractivity contribution in [3.63, 3.8) is 0 Å². The summed E-state index contributed by atoms with van der Waals surface area (Å²) < 4.78 is 0. The third-order valence-corrected chi connectivity index (χ3v) is 6.43. The average molecular weight is 279 g/mol. The van der Waals surface area contributed by atoms with Crippen molar-refractivity contribution in [3.8, 4) is 0 Å². The second-order valence-corrected chi connectivity index (χ2v) is 8.04. The van der Waals surface area contributed by atoms with Gasteiger partial charge in [0.15, 0.2) is 0 Å². The molecule has 3 rings (SSSR count). The van der Waals surface area contributed by atoms with Gasteiger partial charge in [0.05, 0.1) is 0 Å².